The molecule has 0 aliphatic heterocycles. The number of anilines is 1. The Morgan fingerprint density at radius 3 is 2.35 bits per heavy atom. The fourth-order valence-corrected chi connectivity index (χ4v) is 1.56. The molecule has 0 amide bonds. The van der Waals surface area contributed by atoms with Gasteiger partial charge in [-0.05, 0) is 24.3 Å². The van der Waals surface area contributed by atoms with Gasteiger partial charge in [0, 0.05) is 32.3 Å². The van der Waals surface area contributed by atoms with Crippen molar-refractivity contribution in [1.29, 1.82) is 0 Å². The molecule has 1 aromatic carbocycles. The van der Waals surface area contributed by atoms with Crippen molar-refractivity contribution in [2.24, 2.45) is 0 Å². The van der Waals surface area contributed by atoms with Gasteiger partial charge in [0.2, 0.25) is 0 Å². The molecule has 17 heavy (non-hydrogen) atoms. The lowest BCUT2D eigenvalue weighted by molar-refractivity contribution is 0.101. The molecule has 0 fully saturated rings. The predicted molar refractivity (Wildman–Crippen MR) is 68.4 cm³/mol. The van der Waals surface area contributed by atoms with Gasteiger partial charge in [-0.3, -0.25) is 4.79 Å². The number of Topliss-reactive ketones (excluding diaryl/α,β-unsaturated/α-hetero) is 1. The summed E-state index contributed by atoms with van der Waals surface area (Å²) >= 11 is 0. The van der Waals surface area contributed by atoms with Gasteiger partial charge in [-0.1, -0.05) is 0 Å². The summed E-state index contributed by atoms with van der Waals surface area (Å²) in [5.41, 5.74) is 2.65. The van der Waals surface area contributed by atoms with Gasteiger partial charge in [-0.25, -0.2) is 4.98 Å². The van der Waals surface area contributed by atoms with E-state index < -0.39 is 0 Å². The number of aromatic nitrogens is 2. The van der Waals surface area contributed by atoms with Gasteiger partial charge in [-0.2, -0.15) is 0 Å². The summed E-state index contributed by atoms with van der Waals surface area (Å²) in [6, 6.07) is 8.01. The quantitative estimate of drug-likeness (QED) is 0.822. The standard InChI is InChI=1S/C13H15N3O/c1-9(17)12-8-14-13(15-12)10-4-6-11(7-5-10)16(2)3/h4-8H,1-3H3,(H,14,15). The number of H-pyrrole nitrogens is 1. The normalized spacial score (nSPS) is 10.3. The van der Waals surface area contributed by atoms with Crippen LogP contribution in [0, 0.1) is 0 Å². The van der Waals surface area contributed by atoms with E-state index in [-0.39, 0.29) is 5.78 Å². The topological polar surface area (TPSA) is 49.0 Å². The summed E-state index contributed by atoms with van der Waals surface area (Å²) in [6.07, 6.45) is 1.57. The molecule has 1 heterocycles. The maximum absolute atomic E-state index is 11.2. The SMILES string of the molecule is CC(=O)c1cnc(-c2ccc(N(C)C)cc2)[nH]1. The van der Waals surface area contributed by atoms with Crippen molar-refractivity contribution in [3.8, 4) is 11.4 Å². The molecule has 0 radical (unpaired) electrons. The predicted octanol–water partition coefficient (Wildman–Crippen LogP) is 2.35. The first-order valence-electron chi connectivity index (χ1n) is 5.41. The second-order valence-corrected chi connectivity index (χ2v) is 4.14. The maximum Gasteiger partial charge on any atom is 0.177 e. The second kappa shape index (κ2) is 4.41. The number of nitrogens with one attached hydrogen (secondary N) is 1. The van der Waals surface area contributed by atoms with Crippen molar-refractivity contribution in [2.45, 2.75) is 6.92 Å². The molecule has 0 aliphatic carbocycles. The summed E-state index contributed by atoms with van der Waals surface area (Å²) in [4.78, 5) is 20.4. The number of hydrogen-bond donors (Lipinski definition) is 1. The van der Waals surface area contributed by atoms with Gasteiger partial charge in [-0.15, -0.1) is 0 Å². The Bertz CT molecular complexity index is 526. The highest BCUT2D eigenvalue weighted by Gasteiger charge is 2.06. The molecular weight excluding hydrogens is 214 g/mol. The molecule has 0 unspecified atom stereocenters. The smallest absolute Gasteiger partial charge is 0.177 e. The molecule has 4 heteroatoms. The second-order valence-electron chi connectivity index (χ2n) is 4.14. The van der Waals surface area contributed by atoms with E-state index >= 15 is 0 Å². The molecule has 88 valence electrons. The van der Waals surface area contributed by atoms with Crippen LogP contribution in [-0.2, 0) is 0 Å². The Balaban J connectivity index is 2.30. The zero-order valence-electron chi connectivity index (χ0n) is 10.2. The van der Waals surface area contributed by atoms with Crippen LogP contribution in [0.1, 0.15) is 17.4 Å². The van der Waals surface area contributed by atoms with E-state index in [0.29, 0.717) is 5.69 Å². The Hall–Kier alpha value is -2.10. The lowest BCUT2D eigenvalue weighted by atomic mass is 10.2. The third-order valence-corrected chi connectivity index (χ3v) is 2.61. The molecule has 2 aromatic rings. The average molecular weight is 229 g/mol. The van der Waals surface area contributed by atoms with E-state index in [2.05, 4.69) is 9.97 Å². The van der Waals surface area contributed by atoms with Crippen LogP contribution < -0.4 is 4.90 Å². The number of imidazole rings is 1. The highest BCUT2D eigenvalue weighted by Crippen LogP contribution is 2.19. The minimum absolute atomic E-state index is 0.00587. The van der Waals surface area contributed by atoms with Gasteiger partial charge < -0.3 is 9.88 Å². The van der Waals surface area contributed by atoms with Gasteiger partial charge >= 0.3 is 0 Å². The zero-order chi connectivity index (χ0) is 12.4. The third-order valence-electron chi connectivity index (χ3n) is 2.61. The van der Waals surface area contributed by atoms with Crippen LogP contribution in [0.5, 0.6) is 0 Å². The number of nitrogens with zero attached hydrogens (tertiary/aromatic N) is 2. The summed E-state index contributed by atoms with van der Waals surface area (Å²) in [6.45, 7) is 1.52. The molecule has 0 bridgehead atoms. The minimum Gasteiger partial charge on any atom is -0.378 e. The van der Waals surface area contributed by atoms with Crippen LogP contribution in [0.3, 0.4) is 0 Å². The van der Waals surface area contributed by atoms with E-state index in [1.54, 1.807) is 6.20 Å². The number of ketones is 1. The number of aromatic amines is 1. The summed E-state index contributed by atoms with van der Waals surface area (Å²) < 4.78 is 0. The number of carbonyl (C=O) groups is 1. The van der Waals surface area contributed by atoms with Crippen LogP contribution in [0.2, 0.25) is 0 Å². The first kappa shape index (κ1) is 11.4. The first-order chi connectivity index (χ1) is 8.08. The van der Waals surface area contributed by atoms with Crippen LogP contribution >= 0.6 is 0 Å². The van der Waals surface area contributed by atoms with Crippen LogP contribution in [-0.4, -0.2) is 29.8 Å². The molecule has 1 aromatic heterocycles. The van der Waals surface area contributed by atoms with Crippen molar-refractivity contribution in [3.63, 3.8) is 0 Å². The van der Waals surface area contributed by atoms with Crippen LogP contribution in [0.15, 0.2) is 30.5 Å². The summed E-state index contributed by atoms with van der Waals surface area (Å²) in [5, 5.41) is 0. The van der Waals surface area contributed by atoms with Crippen LogP contribution in [0.4, 0.5) is 5.69 Å². The van der Waals surface area contributed by atoms with Crippen molar-refractivity contribution < 1.29 is 4.79 Å². The Morgan fingerprint density at radius 1 is 1.24 bits per heavy atom. The van der Waals surface area contributed by atoms with E-state index in [4.69, 9.17) is 0 Å². The minimum atomic E-state index is -0.00587. The number of benzene rings is 1. The molecule has 0 saturated heterocycles. The van der Waals surface area contributed by atoms with Crippen LogP contribution in [0.25, 0.3) is 11.4 Å². The monoisotopic (exact) mass is 229 g/mol. The van der Waals surface area contributed by atoms with Gasteiger partial charge in [0.15, 0.2) is 5.78 Å². The zero-order valence-corrected chi connectivity index (χ0v) is 10.2. The van der Waals surface area contributed by atoms with Gasteiger partial charge in [0.05, 0.1) is 6.20 Å². The molecular formula is C13H15N3O. The molecule has 1 N–H and O–H groups in total. The Kier molecular flexibility index (Phi) is 2.95. The molecule has 4 nitrogen and oxygen atoms in total. The van der Waals surface area contributed by atoms with E-state index in [1.165, 1.54) is 6.92 Å². The van der Waals surface area contributed by atoms with Crippen molar-refractivity contribution >= 4 is 11.5 Å². The van der Waals surface area contributed by atoms with E-state index in [0.717, 1.165) is 17.1 Å². The molecule has 0 saturated carbocycles. The largest absolute Gasteiger partial charge is 0.378 e. The number of rotatable bonds is 3. The molecule has 0 atom stereocenters. The Labute approximate surface area is 100 Å². The highest BCUT2D eigenvalue weighted by atomic mass is 16.1. The maximum atomic E-state index is 11.2. The van der Waals surface area contributed by atoms with Crippen molar-refractivity contribution in [3.05, 3.63) is 36.2 Å². The molecule has 2 rings (SSSR count). The third kappa shape index (κ3) is 2.36. The summed E-state index contributed by atoms with van der Waals surface area (Å²) in [7, 11) is 3.99. The van der Waals surface area contributed by atoms with E-state index in [1.807, 2.05) is 43.3 Å². The number of hydrogen-bond acceptors (Lipinski definition) is 3. The van der Waals surface area contributed by atoms with E-state index in [9.17, 15) is 4.79 Å². The van der Waals surface area contributed by atoms with Gasteiger partial charge in [0.1, 0.15) is 11.5 Å². The first-order valence-corrected chi connectivity index (χ1v) is 5.41. The number of carbonyl (C=O) groups excluding carboxylic acids is 1. The highest BCUT2D eigenvalue weighted by molar-refractivity contribution is 5.92. The van der Waals surface area contributed by atoms with Crippen molar-refractivity contribution in [2.75, 3.05) is 19.0 Å². The lowest BCUT2D eigenvalue weighted by Crippen LogP contribution is -2.07. The summed E-state index contributed by atoms with van der Waals surface area (Å²) in [5.74, 6) is 0.717. The average Bonchev–Trinajstić information content (AvgIpc) is 2.78. The van der Waals surface area contributed by atoms with Crippen molar-refractivity contribution in [1.82, 2.24) is 9.97 Å². The molecule has 0 spiro atoms. The Morgan fingerprint density at radius 2 is 1.88 bits per heavy atom. The van der Waals surface area contributed by atoms with Gasteiger partial charge in [0.25, 0.3) is 0 Å². The molecule has 0 aliphatic rings. The lowest BCUT2D eigenvalue weighted by Gasteiger charge is -2.12. The fraction of sp³-hybridized carbons (Fsp3) is 0.231. The fourth-order valence-electron chi connectivity index (χ4n) is 1.56.